The Morgan fingerprint density at radius 2 is 2.10 bits per heavy atom. The van der Waals surface area contributed by atoms with E-state index in [1.807, 2.05) is 6.07 Å². The highest BCUT2D eigenvalue weighted by Crippen LogP contribution is 2.22. The number of aliphatic carboxylic acids is 1. The van der Waals surface area contributed by atoms with Crippen LogP contribution in [0, 0.1) is 0 Å². The third-order valence-corrected chi connectivity index (χ3v) is 4.03. The molecule has 116 valence electrons. The number of ether oxygens (including phenoxy) is 1. The molecule has 7 heteroatoms. The zero-order valence-electron chi connectivity index (χ0n) is 12.2. The number of amides is 2. The van der Waals surface area contributed by atoms with E-state index in [0.717, 1.165) is 10.0 Å². The smallest absolute Gasteiger partial charge is 0.329 e. The molecule has 0 saturated heterocycles. The lowest BCUT2D eigenvalue weighted by molar-refractivity contribution is -0.143. The monoisotopic (exact) mass is 358 g/mol. The summed E-state index contributed by atoms with van der Waals surface area (Å²) in [5, 5.41) is 14.2. The second kappa shape index (κ2) is 7.31. The van der Waals surface area contributed by atoms with Crippen LogP contribution in [0.15, 0.2) is 22.7 Å². The van der Waals surface area contributed by atoms with Gasteiger partial charge in [0.15, 0.2) is 0 Å². The number of carboxylic acid groups (broad SMARTS) is 1. The number of nitrogens with one attached hydrogen (secondary N) is 2. The predicted molar refractivity (Wildman–Crippen MR) is 82.4 cm³/mol. The molecule has 0 aliphatic rings. The lowest BCUT2D eigenvalue weighted by atomic mass is 10.00. The van der Waals surface area contributed by atoms with Gasteiger partial charge in [0.25, 0.3) is 0 Å². The summed E-state index contributed by atoms with van der Waals surface area (Å²) >= 11 is 3.39. The van der Waals surface area contributed by atoms with Gasteiger partial charge in [0.05, 0.1) is 7.11 Å². The van der Waals surface area contributed by atoms with E-state index in [0.29, 0.717) is 12.2 Å². The number of hydrogen-bond acceptors (Lipinski definition) is 3. The first-order valence-electron chi connectivity index (χ1n) is 6.44. The minimum Gasteiger partial charge on any atom is -0.497 e. The van der Waals surface area contributed by atoms with Gasteiger partial charge in [-0.15, -0.1) is 0 Å². The Hall–Kier alpha value is -1.76. The lowest BCUT2D eigenvalue weighted by Crippen LogP contribution is -2.54. The predicted octanol–water partition coefficient (Wildman–Crippen LogP) is 2.51. The van der Waals surface area contributed by atoms with Crippen LogP contribution in [-0.4, -0.2) is 29.8 Å². The molecule has 1 atom stereocenters. The number of carboxylic acids is 1. The van der Waals surface area contributed by atoms with Crippen molar-refractivity contribution in [2.75, 3.05) is 7.11 Å². The number of urea groups is 1. The third-order valence-electron chi connectivity index (χ3n) is 3.26. The number of hydrogen-bond donors (Lipinski definition) is 3. The van der Waals surface area contributed by atoms with Crippen molar-refractivity contribution in [3.63, 3.8) is 0 Å². The Kier molecular flexibility index (Phi) is 6.02. The van der Waals surface area contributed by atoms with Gasteiger partial charge in [0, 0.05) is 11.0 Å². The number of halogens is 1. The minimum absolute atomic E-state index is 0.253. The molecule has 0 saturated carbocycles. The van der Waals surface area contributed by atoms with E-state index in [1.165, 1.54) is 6.92 Å². The summed E-state index contributed by atoms with van der Waals surface area (Å²) < 4.78 is 5.95. The van der Waals surface area contributed by atoms with Crippen LogP contribution in [0.3, 0.4) is 0 Å². The molecular weight excluding hydrogens is 340 g/mol. The van der Waals surface area contributed by atoms with Gasteiger partial charge < -0.3 is 20.5 Å². The number of benzene rings is 1. The van der Waals surface area contributed by atoms with Crippen molar-refractivity contribution < 1.29 is 19.4 Å². The molecule has 0 radical (unpaired) electrons. The molecule has 0 aromatic heterocycles. The number of rotatable bonds is 6. The molecule has 1 aromatic rings. The van der Waals surface area contributed by atoms with Crippen LogP contribution in [0.5, 0.6) is 5.75 Å². The van der Waals surface area contributed by atoms with Gasteiger partial charge >= 0.3 is 12.0 Å². The molecule has 0 aliphatic carbocycles. The summed E-state index contributed by atoms with van der Waals surface area (Å²) in [7, 11) is 1.56. The summed E-state index contributed by atoms with van der Waals surface area (Å²) in [5.74, 6) is -0.387. The summed E-state index contributed by atoms with van der Waals surface area (Å²) in [4.78, 5) is 23.0. The highest BCUT2D eigenvalue weighted by atomic mass is 79.9. The third kappa shape index (κ3) is 4.63. The van der Waals surface area contributed by atoms with Gasteiger partial charge in [-0.3, -0.25) is 0 Å². The minimum atomic E-state index is -1.28. The fourth-order valence-corrected chi connectivity index (χ4v) is 1.96. The largest absolute Gasteiger partial charge is 0.497 e. The van der Waals surface area contributed by atoms with Crippen molar-refractivity contribution in [1.82, 2.24) is 10.6 Å². The van der Waals surface area contributed by atoms with E-state index in [1.54, 1.807) is 26.2 Å². The van der Waals surface area contributed by atoms with Crippen LogP contribution in [0.4, 0.5) is 4.79 Å². The normalized spacial score (nSPS) is 13.1. The van der Waals surface area contributed by atoms with E-state index in [2.05, 4.69) is 26.6 Å². The average Bonchev–Trinajstić information content (AvgIpc) is 2.46. The van der Waals surface area contributed by atoms with Crippen LogP contribution in [0.1, 0.15) is 25.8 Å². The maximum atomic E-state index is 11.8. The van der Waals surface area contributed by atoms with Gasteiger partial charge in [0.1, 0.15) is 11.3 Å². The standard InChI is InChI=1S/C14H19BrN2O4/c1-4-14(2,12(18)19)17-13(20)16-8-9-7-10(21-3)5-6-11(9)15/h5-7H,4,8H2,1-3H3,(H,18,19)(H2,16,17,20). The van der Waals surface area contributed by atoms with E-state index in [4.69, 9.17) is 9.84 Å². The number of carbonyl (C=O) groups excluding carboxylic acids is 1. The fraction of sp³-hybridized carbons (Fsp3) is 0.429. The van der Waals surface area contributed by atoms with Crippen LogP contribution in [0.25, 0.3) is 0 Å². The van der Waals surface area contributed by atoms with E-state index in [9.17, 15) is 9.59 Å². The topological polar surface area (TPSA) is 87.7 Å². The molecule has 1 unspecified atom stereocenters. The van der Waals surface area contributed by atoms with E-state index in [-0.39, 0.29) is 6.54 Å². The summed E-state index contributed by atoms with van der Waals surface area (Å²) in [6.45, 7) is 3.42. The van der Waals surface area contributed by atoms with Crippen molar-refractivity contribution >= 4 is 27.9 Å². The highest BCUT2D eigenvalue weighted by Gasteiger charge is 2.32. The molecule has 0 spiro atoms. The molecule has 6 nitrogen and oxygen atoms in total. The Bertz CT molecular complexity index is 536. The molecule has 3 N–H and O–H groups in total. The summed E-state index contributed by atoms with van der Waals surface area (Å²) in [6.07, 6.45) is 0.290. The molecule has 0 bridgehead atoms. The fourth-order valence-electron chi connectivity index (χ4n) is 1.58. The number of methoxy groups -OCH3 is 1. The van der Waals surface area contributed by atoms with Crippen molar-refractivity contribution in [1.29, 1.82) is 0 Å². The van der Waals surface area contributed by atoms with Crippen LogP contribution < -0.4 is 15.4 Å². The Balaban J connectivity index is 2.67. The quantitative estimate of drug-likeness (QED) is 0.728. The first-order chi connectivity index (χ1) is 9.82. The first-order valence-corrected chi connectivity index (χ1v) is 7.23. The second-order valence-electron chi connectivity index (χ2n) is 4.76. The Morgan fingerprint density at radius 3 is 2.62 bits per heavy atom. The average molecular weight is 359 g/mol. The molecule has 1 aromatic carbocycles. The molecule has 21 heavy (non-hydrogen) atoms. The SMILES string of the molecule is CCC(C)(NC(=O)NCc1cc(OC)ccc1Br)C(=O)O. The molecule has 0 fully saturated rings. The maximum Gasteiger partial charge on any atom is 0.329 e. The molecule has 0 aliphatic heterocycles. The summed E-state index contributed by atoms with van der Waals surface area (Å²) in [5.41, 5.74) is -0.451. The van der Waals surface area contributed by atoms with Crippen LogP contribution in [-0.2, 0) is 11.3 Å². The van der Waals surface area contributed by atoms with Gasteiger partial charge in [-0.2, -0.15) is 0 Å². The van der Waals surface area contributed by atoms with Crippen molar-refractivity contribution in [2.45, 2.75) is 32.4 Å². The molecule has 0 heterocycles. The molecule has 1 rings (SSSR count). The van der Waals surface area contributed by atoms with Crippen molar-refractivity contribution in [3.05, 3.63) is 28.2 Å². The second-order valence-corrected chi connectivity index (χ2v) is 5.61. The van der Waals surface area contributed by atoms with Gasteiger partial charge in [-0.05, 0) is 37.1 Å². The van der Waals surface area contributed by atoms with Crippen LogP contribution >= 0.6 is 15.9 Å². The summed E-state index contributed by atoms with van der Waals surface area (Å²) in [6, 6.07) is 4.88. The van der Waals surface area contributed by atoms with E-state index >= 15 is 0 Å². The van der Waals surface area contributed by atoms with E-state index < -0.39 is 17.5 Å². The number of carbonyl (C=O) groups is 2. The lowest BCUT2D eigenvalue weighted by Gasteiger charge is -2.24. The molecule has 2 amide bonds. The maximum absolute atomic E-state index is 11.8. The van der Waals surface area contributed by atoms with Crippen LogP contribution in [0.2, 0.25) is 0 Å². The van der Waals surface area contributed by atoms with Crippen molar-refractivity contribution in [2.24, 2.45) is 0 Å². The van der Waals surface area contributed by atoms with Gasteiger partial charge in [-0.1, -0.05) is 22.9 Å². The van der Waals surface area contributed by atoms with Gasteiger partial charge in [0.2, 0.25) is 0 Å². The first kappa shape index (κ1) is 17.3. The van der Waals surface area contributed by atoms with Crippen molar-refractivity contribution in [3.8, 4) is 5.75 Å². The zero-order chi connectivity index (χ0) is 16.0. The van der Waals surface area contributed by atoms with Gasteiger partial charge in [-0.25, -0.2) is 9.59 Å². The molecular formula is C14H19BrN2O4. The highest BCUT2D eigenvalue weighted by molar-refractivity contribution is 9.10. The Labute approximate surface area is 132 Å². The Morgan fingerprint density at radius 1 is 1.43 bits per heavy atom. The zero-order valence-corrected chi connectivity index (χ0v) is 13.8.